The minimum Gasteiger partial charge on any atom is -0.361 e. The first kappa shape index (κ1) is 13.4. The summed E-state index contributed by atoms with van der Waals surface area (Å²) in [5, 5.41) is 0. The van der Waals surface area contributed by atoms with E-state index in [-0.39, 0.29) is 13.0 Å². The Morgan fingerprint density at radius 2 is 2.12 bits per heavy atom. The first-order chi connectivity index (χ1) is 7.86. The van der Waals surface area contributed by atoms with Gasteiger partial charge in [-0.1, -0.05) is 0 Å². The fourth-order valence-electron chi connectivity index (χ4n) is 1.83. The molecule has 1 aliphatic rings. The molecule has 0 aliphatic carbocycles. The number of carbonyl (C=O) groups excluding carboxylic acids is 2. The highest BCUT2D eigenvalue weighted by molar-refractivity contribution is 6.25. The molecule has 1 aliphatic heterocycles. The lowest BCUT2D eigenvalue weighted by molar-refractivity contribution is -0.186. The van der Waals surface area contributed by atoms with Gasteiger partial charge >= 0.3 is 18.3 Å². The average molecular weight is 249 g/mol. The zero-order valence-electron chi connectivity index (χ0n) is 8.78. The van der Waals surface area contributed by atoms with Gasteiger partial charge in [-0.2, -0.15) is 18.0 Å². The minimum absolute atomic E-state index is 0.00738. The minimum atomic E-state index is -4.92. The topological polar surface area (TPSA) is 73.8 Å². The van der Waals surface area contributed by atoms with Crippen LogP contribution in [0.25, 0.3) is 5.53 Å². The van der Waals surface area contributed by atoms with Crippen LogP contribution in [0.5, 0.6) is 0 Å². The normalized spacial score (nSPS) is 19.9. The van der Waals surface area contributed by atoms with Gasteiger partial charge in [-0.05, 0) is 12.8 Å². The summed E-state index contributed by atoms with van der Waals surface area (Å²) < 4.78 is 36.7. The molecule has 1 amide bonds. The summed E-state index contributed by atoms with van der Waals surface area (Å²) in [6, 6.07) is -0.769. The molecule has 8 heteroatoms. The van der Waals surface area contributed by atoms with Crippen molar-refractivity contribution in [1.29, 1.82) is 0 Å². The SMILES string of the molecule is [N-]=[N+]=CC(=O)C[C@@H]1CCCN1C(=O)C(F)(F)F. The fraction of sp³-hybridized carbons (Fsp3) is 0.667. The van der Waals surface area contributed by atoms with Gasteiger partial charge < -0.3 is 10.4 Å². The molecule has 0 unspecified atom stereocenters. The second-order valence-corrected chi connectivity index (χ2v) is 3.71. The molecule has 94 valence electrons. The van der Waals surface area contributed by atoms with Crippen LogP contribution < -0.4 is 0 Å². The van der Waals surface area contributed by atoms with Gasteiger partial charge in [-0.3, -0.25) is 9.59 Å². The van der Waals surface area contributed by atoms with E-state index in [9.17, 15) is 22.8 Å². The lowest BCUT2D eigenvalue weighted by atomic mass is 10.1. The molecule has 17 heavy (non-hydrogen) atoms. The van der Waals surface area contributed by atoms with Gasteiger partial charge in [-0.25, -0.2) is 0 Å². The van der Waals surface area contributed by atoms with Crippen LogP contribution in [-0.4, -0.2) is 46.4 Å². The summed E-state index contributed by atoms with van der Waals surface area (Å²) in [5.74, 6) is -2.53. The van der Waals surface area contributed by atoms with Crippen LogP contribution in [-0.2, 0) is 9.59 Å². The van der Waals surface area contributed by atoms with Gasteiger partial charge in [0.15, 0.2) is 0 Å². The predicted molar refractivity (Wildman–Crippen MR) is 50.1 cm³/mol. The van der Waals surface area contributed by atoms with Crippen molar-refractivity contribution in [2.75, 3.05) is 6.54 Å². The van der Waals surface area contributed by atoms with Gasteiger partial charge in [0.1, 0.15) is 0 Å². The fourth-order valence-corrected chi connectivity index (χ4v) is 1.83. The number of Topliss-reactive ketones (excluding diaryl/α,β-unsaturated/α-hetero) is 1. The maximum atomic E-state index is 12.2. The number of amides is 1. The largest absolute Gasteiger partial charge is 0.471 e. The third-order valence-corrected chi connectivity index (χ3v) is 2.52. The Kier molecular flexibility index (Phi) is 4.01. The van der Waals surface area contributed by atoms with Crippen molar-refractivity contribution in [3.63, 3.8) is 0 Å². The van der Waals surface area contributed by atoms with E-state index >= 15 is 0 Å². The number of rotatable bonds is 3. The molecule has 0 radical (unpaired) electrons. The molecular formula is C9H10F3N3O2. The van der Waals surface area contributed by atoms with Crippen molar-refractivity contribution in [3.05, 3.63) is 5.53 Å². The summed E-state index contributed by atoms with van der Waals surface area (Å²) in [6.07, 6.45) is -3.79. The van der Waals surface area contributed by atoms with Crippen molar-refractivity contribution >= 4 is 17.9 Å². The standard InChI is InChI=1S/C9H10F3N3O2/c10-9(11,12)8(17)15-3-1-2-6(15)4-7(16)5-14-13/h5-6H,1-4H2/t6-/m0/s1. The van der Waals surface area contributed by atoms with E-state index in [2.05, 4.69) is 4.79 Å². The third kappa shape index (κ3) is 3.39. The molecule has 1 heterocycles. The summed E-state index contributed by atoms with van der Waals surface area (Å²) in [7, 11) is 0. The van der Waals surface area contributed by atoms with E-state index in [0.717, 1.165) is 0 Å². The molecule has 0 aromatic heterocycles. The Labute approximate surface area is 94.8 Å². The zero-order valence-corrected chi connectivity index (χ0v) is 8.78. The van der Waals surface area contributed by atoms with Gasteiger partial charge in [0.05, 0.1) is 0 Å². The Morgan fingerprint density at radius 1 is 1.47 bits per heavy atom. The van der Waals surface area contributed by atoms with Gasteiger partial charge in [0.2, 0.25) is 5.78 Å². The van der Waals surface area contributed by atoms with Crippen molar-refractivity contribution in [3.8, 4) is 0 Å². The highest BCUT2D eigenvalue weighted by atomic mass is 19.4. The van der Waals surface area contributed by atoms with Crippen LogP contribution >= 0.6 is 0 Å². The van der Waals surface area contributed by atoms with Gasteiger partial charge in [0.25, 0.3) is 0 Å². The molecule has 0 spiro atoms. The number of hydrogen-bond donors (Lipinski definition) is 0. The molecule has 1 fully saturated rings. The summed E-state index contributed by atoms with van der Waals surface area (Å²) in [6.45, 7) is -0.00738. The Hall–Kier alpha value is -1.69. The monoisotopic (exact) mass is 249 g/mol. The van der Waals surface area contributed by atoms with Crippen molar-refractivity contribution < 1.29 is 27.6 Å². The molecule has 1 rings (SSSR count). The summed E-state index contributed by atoms with van der Waals surface area (Å²) in [4.78, 5) is 25.3. The zero-order chi connectivity index (χ0) is 13.1. The third-order valence-electron chi connectivity index (χ3n) is 2.52. The average Bonchev–Trinajstić information content (AvgIpc) is 2.63. The van der Waals surface area contributed by atoms with Crippen LogP contribution in [0.15, 0.2) is 0 Å². The number of hydrogen-bond acceptors (Lipinski definition) is 2. The Morgan fingerprint density at radius 3 is 2.65 bits per heavy atom. The first-order valence-corrected chi connectivity index (χ1v) is 4.94. The molecule has 0 N–H and O–H groups in total. The molecule has 0 aromatic carbocycles. The molecule has 0 bridgehead atoms. The number of likely N-dealkylation sites (tertiary alicyclic amines) is 1. The van der Waals surface area contributed by atoms with Crippen molar-refractivity contribution in [2.45, 2.75) is 31.5 Å². The van der Waals surface area contributed by atoms with Gasteiger partial charge in [-0.15, -0.1) is 0 Å². The molecule has 0 saturated carbocycles. The Bertz CT molecular complexity index is 374. The second-order valence-electron chi connectivity index (χ2n) is 3.71. The highest BCUT2D eigenvalue weighted by Crippen LogP contribution is 2.27. The molecule has 1 atom stereocenters. The lowest BCUT2D eigenvalue weighted by Crippen LogP contribution is -2.44. The van der Waals surface area contributed by atoms with E-state index in [0.29, 0.717) is 24.0 Å². The summed E-state index contributed by atoms with van der Waals surface area (Å²) >= 11 is 0. The first-order valence-electron chi connectivity index (χ1n) is 4.94. The number of alkyl halides is 3. The van der Waals surface area contributed by atoms with E-state index in [1.54, 1.807) is 0 Å². The highest BCUT2D eigenvalue weighted by Gasteiger charge is 2.46. The van der Waals surface area contributed by atoms with Crippen LogP contribution in [0, 0.1) is 0 Å². The van der Waals surface area contributed by atoms with Crippen molar-refractivity contribution in [1.82, 2.24) is 4.90 Å². The van der Waals surface area contributed by atoms with Crippen LogP contribution in [0.2, 0.25) is 0 Å². The molecule has 1 saturated heterocycles. The predicted octanol–water partition coefficient (Wildman–Crippen LogP) is 0.799. The van der Waals surface area contributed by atoms with Crippen molar-refractivity contribution in [2.24, 2.45) is 0 Å². The second kappa shape index (κ2) is 5.09. The quantitative estimate of drug-likeness (QED) is 0.421. The molecular weight excluding hydrogens is 239 g/mol. The maximum Gasteiger partial charge on any atom is 0.471 e. The molecule has 5 nitrogen and oxygen atoms in total. The molecule has 0 aromatic rings. The van der Waals surface area contributed by atoms with E-state index in [1.165, 1.54) is 0 Å². The number of carbonyl (C=O) groups is 2. The van der Waals surface area contributed by atoms with Crippen LogP contribution in [0.4, 0.5) is 13.2 Å². The summed E-state index contributed by atoms with van der Waals surface area (Å²) in [5.41, 5.74) is 8.10. The van der Waals surface area contributed by atoms with E-state index < -0.39 is 23.9 Å². The van der Waals surface area contributed by atoms with Gasteiger partial charge in [0, 0.05) is 19.0 Å². The number of halogens is 3. The van der Waals surface area contributed by atoms with Crippen LogP contribution in [0.1, 0.15) is 19.3 Å². The van der Waals surface area contributed by atoms with Crippen LogP contribution in [0.3, 0.4) is 0 Å². The number of ketones is 1. The lowest BCUT2D eigenvalue weighted by Gasteiger charge is -2.24. The Balaban J connectivity index is 2.70. The van der Waals surface area contributed by atoms with E-state index in [4.69, 9.17) is 5.53 Å². The smallest absolute Gasteiger partial charge is 0.361 e. The maximum absolute atomic E-state index is 12.2. The van der Waals surface area contributed by atoms with E-state index in [1.807, 2.05) is 0 Å². The number of nitrogens with zero attached hydrogens (tertiary/aromatic N) is 3.